The van der Waals surface area contributed by atoms with Crippen LogP contribution in [0.3, 0.4) is 0 Å². The fraction of sp³-hybridized carbons (Fsp3) is 0.273. The summed E-state index contributed by atoms with van der Waals surface area (Å²) < 4.78 is 5.44. The topological polar surface area (TPSA) is 29.5 Å². The van der Waals surface area contributed by atoms with Crippen molar-refractivity contribution in [3.05, 3.63) is 24.3 Å². The molecule has 0 unspecified atom stereocenters. The minimum Gasteiger partial charge on any atom is -0.508 e. The molecule has 0 heterocycles. The van der Waals surface area contributed by atoms with Crippen LogP contribution in [0.15, 0.2) is 24.3 Å². The van der Waals surface area contributed by atoms with Crippen LogP contribution in [0.2, 0.25) is 0 Å². The van der Waals surface area contributed by atoms with Gasteiger partial charge in [-0.15, -0.1) is 6.42 Å². The van der Waals surface area contributed by atoms with Crippen molar-refractivity contribution >= 4 is 0 Å². The fourth-order valence-electron chi connectivity index (χ4n) is 0.871. The van der Waals surface area contributed by atoms with Gasteiger partial charge in [0, 0.05) is 6.07 Å². The summed E-state index contributed by atoms with van der Waals surface area (Å²) in [6.45, 7) is 3.58. The third-order valence-electron chi connectivity index (χ3n) is 1.54. The van der Waals surface area contributed by atoms with Gasteiger partial charge in [-0.25, -0.2) is 0 Å². The van der Waals surface area contributed by atoms with E-state index < -0.39 is 5.60 Å². The Morgan fingerprint density at radius 2 is 2.15 bits per heavy atom. The minimum absolute atomic E-state index is 0.172. The Morgan fingerprint density at radius 1 is 1.46 bits per heavy atom. The molecule has 0 fully saturated rings. The number of aromatic hydroxyl groups is 1. The normalized spacial score (nSPS) is 10.5. The van der Waals surface area contributed by atoms with Gasteiger partial charge >= 0.3 is 0 Å². The number of phenols is 1. The van der Waals surface area contributed by atoms with Crippen molar-refractivity contribution in [1.82, 2.24) is 0 Å². The fourth-order valence-corrected chi connectivity index (χ4v) is 0.871. The third kappa shape index (κ3) is 2.72. The molecule has 0 saturated heterocycles. The Hall–Kier alpha value is -1.62. The molecule has 0 radical (unpaired) electrons. The maximum absolute atomic E-state index is 9.15. The zero-order valence-electron chi connectivity index (χ0n) is 7.74. The van der Waals surface area contributed by atoms with Gasteiger partial charge in [-0.2, -0.15) is 0 Å². The van der Waals surface area contributed by atoms with Gasteiger partial charge in [-0.05, 0) is 26.0 Å². The molecule has 0 aliphatic carbocycles. The van der Waals surface area contributed by atoms with E-state index in [1.165, 1.54) is 6.07 Å². The van der Waals surface area contributed by atoms with E-state index in [0.29, 0.717) is 5.75 Å². The second kappa shape index (κ2) is 3.40. The van der Waals surface area contributed by atoms with Crippen molar-refractivity contribution in [2.75, 3.05) is 0 Å². The molecule has 0 aliphatic rings. The maximum Gasteiger partial charge on any atom is 0.163 e. The van der Waals surface area contributed by atoms with E-state index in [0.717, 1.165) is 0 Å². The van der Waals surface area contributed by atoms with Gasteiger partial charge in [0.1, 0.15) is 11.5 Å². The quantitative estimate of drug-likeness (QED) is 0.700. The van der Waals surface area contributed by atoms with Gasteiger partial charge in [0.2, 0.25) is 0 Å². The smallest absolute Gasteiger partial charge is 0.163 e. The summed E-state index contributed by atoms with van der Waals surface area (Å²) in [6, 6.07) is 6.56. The lowest BCUT2D eigenvalue weighted by atomic mass is 10.1. The zero-order valence-corrected chi connectivity index (χ0v) is 7.74. The molecule has 1 aromatic rings. The average Bonchev–Trinajstić information content (AvgIpc) is 2.03. The highest BCUT2D eigenvalue weighted by atomic mass is 16.5. The van der Waals surface area contributed by atoms with E-state index in [4.69, 9.17) is 16.3 Å². The van der Waals surface area contributed by atoms with Crippen molar-refractivity contribution in [2.45, 2.75) is 19.4 Å². The van der Waals surface area contributed by atoms with Gasteiger partial charge in [0.25, 0.3) is 0 Å². The summed E-state index contributed by atoms with van der Waals surface area (Å²) >= 11 is 0. The monoisotopic (exact) mass is 176 g/mol. The van der Waals surface area contributed by atoms with Crippen LogP contribution < -0.4 is 4.74 Å². The van der Waals surface area contributed by atoms with E-state index in [1.54, 1.807) is 32.0 Å². The number of hydrogen-bond donors (Lipinski definition) is 1. The first-order valence-electron chi connectivity index (χ1n) is 3.99. The number of rotatable bonds is 2. The number of phenolic OH excluding ortho intramolecular Hbond substituents is 1. The standard InChI is InChI=1S/C11H12O2/c1-4-11(2,3)13-10-7-5-6-9(12)8-10/h1,5-8,12H,2-3H3. The zero-order chi connectivity index (χ0) is 9.90. The van der Waals surface area contributed by atoms with Crippen LogP contribution >= 0.6 is 0 Å². The Morgan fingerprint density at radius 3 is 2.69 bits per heavy atom. The molecule has 1 aromatic carbocycles. The van der Waals surface area contributed by atoms with Gasteiger partial charge in [0.15, 0.2) is 5.60 Å². The highest BCUT2D eigenvalue weighted by molar-refractivity contribution is 5.32. The van der Waals surface area contributed by atoms with Crippen LogP contribution in [0.4, 0.5) is 0 Å². The lowest BCUT2D eigenvalue weighted by Gasteiger charge is -2.19. The van der Waals surface area contributed by atoms with Gasteiger partial charge < -0.3 is 9.84 Å². The molecule has 0 saturated carbocycles. The van der Waals surface area contributed by atoms with Crippen LogP contribution in [-0.4, -0.2) is 10.7 Å². The summed E-state index contributed by atoms with van der Waals surface area (Å²) in [6.07, 6.45) is 5.25. The molecule has 2 heteroatoms. The van der Waals surface area contributed by atoms with E-state index in [2.05, 4.69) is 5.92 Å². The number of ether oxygens (including phenoxy) is 1. The van der Waals surface area contributed by atoms with Gasteiger partial charge in [-0.1, -0.05) is 12.0 Å². The maximum atomic E-state index is 9.15. The van der Waals surface area contributed by atoms with Gasteiger partial charge in [-0.3, -0.25) is 0 Å². The predicted octanol–water partition coefficient (Wildman–Crippen LogP) is 2.18. The second-order valence-electron chi connectivity index (χ2n) is 3.25. The highest BCUT2D eigenvalue weighted by Crippen LogP contribution is 2.21. The Kier molecular flexibility index (Phi) is 2.48. The van der Waals surface area contributed by atoms with Crippen LogP contribution in [0.5, 0.6) is 11.5 Å². The average molecular weight is 176 g/mol. The molecule has 0 atom stereocenters. The molecule has 13 heavy (non-hydrogen) atoms. The Bertz CT molecular complexity index is 334. The molecule has 68 valence electrons. The van der Waals surface area contributed by atoms with Gasteiger partial charge in [0.05, 0.1) is 0 Å². The number of benzene rings is 1. The Balaban J connectivity index is 2.82. The van der Waals surface area contributed by atoms with E-state index in [1.807, 2.05) is 0 Å². The lowest BCUT2D eigenvalue weighted by Crippen LogP contribution is -2.25. The number of hydrogen-bond acceptors (Lipinski definition) is 2. The molecule has 0 amide bonds. The summed E-state index contributed by atoms with van der Waals surface area (Å²) in [5.74, 6) is 3.25. The number of terminal acetylenes is 1. The molecule has 0 spiro atoms. The molecule has 0 aliphatic heterocycles. The first-order chi connectivity index (χ1) is 6.03. The first kappa shape index (κ1) is 9.47. The van der Waals surface area contributed by atoms with E-state index in [-0.39, 0.29) is 5.75 Å². The summed E-state index contributed by atoms with van der Waals surface area (Å²) in [5, 5.41) is 9.15. The van der Waals surface area contributed by atoms with Crippen molar-refractivity contribution in [1.29, 1.82) is 0 Å². The molecular weight excluding hydrogens is 164 g/mol. The minimum atomic E-state index is -0.645. The summed E-state index contributed by atoms with van der Waals surface area (Å²) in [7, 11) is 0. The molecule has 1 N–H and O–H groups in total. The van der Waals surface area contributed by atoms with Crippen LogP contribution in [0.25, 0.3) is 0 Å². The SMILES string of the molecule is C#CC(C)(C)Oc1cccc(O)c1. The molecular formula is C11H12O2. The molecule has 0 bridgehead atoms. The second-order valence-corrected chi connectivity index (χ2v) is 3.25. The van der Waals surface area contributed by atoms with Crippen LogP contribution in [0, 0.1) is 12.3 Å². The molecule has 0 aromatic heterocycles. The Labute approximate surface area is 78.2 Å². The summed E-state index contributed by atoms with van der Waals surface area (Å²) in [4.78, 5) is 0. The van der Waals surface area contributed by atoms with Crippen LogP contribution in [-0.2, 0) is 0 Å². The predicted molar refractivity (Wildman–Crippen MR) is 51.6 cm³/mol. The van der Waals surface area contributed by atoms with Crippen molar-refractivity contribution < 1.29 is 9.84 Å². The van der Waals surface area contributed by atoms with Crippen molar-refractivity contribution in [3.8, 4) is 23.8 Å². The lowest BCUT2D eigenvalue weighted by molar-refractivity contribution is 0.172. The highest BCUT2D eigenvalue weighted by Gasteiger charge is 2.15. The van der Waals surface area contributed by atoms with E-state index >= 15 is 0 Å². The third-order valence-corrected chi connectivity index (χ3v) is 1.54. The summed E-state index contributed by atoms with van der Waals surface area (Å²) in [5.41, 5.74) is -0.645. The first-order valence-corrected chi connectivity index (χ1v) is 3.99. The largest absolute Gasteiger partial charge is 0.508 e. The van der Waals surface area contributed by atoms with Crippen LogP contribution in [0.1, 0.15) is 13.8 Å². The van der Waals surface area contributed by atoms with Crippen molar-refractivity contribution in [2.24, 2.45) is 0 Å². The van der Waals surface area contributed by atoms with E-state index in [9.17, 15) is 0 Å². The molecule has 2 nitrogen and oxygen atoms in total. The molecule has 1 rings (SSSR count). The van der Waals surface area contributed by atoms with Crippen molar-refractivity contribution in [3.63, 3.8) is 0 Å².